The number of carbonyl (C=O) groups is 2. The van der Waals surface area contributed by atoms with Crippen molar-refractivity contribution in [1.29, 1.82) is 0 Å². The summed E-state index contributed by atoms with van der Waals surface area (Å²) in [5.41, 5.74) is 3.01. The van der Waals surface area contributed by atoms with Gasteiger partial charge in [0.1, 0.15) is 0 Å². The molecule has 1 spiro atoms. The molecule has 30 heavy (non-hydrogen) atoms. The standard InChI is InChI=1S/C25H30N2O2S/c1-3-22(20-7-5-4-6-8-20)24(29)26-15-13-25(14-16-26)27(17-18-30-25)23(28)21-11-9-19(2)10-12-21/h4-12,22H,3,13-18H2,1-2H3. The summed E-state index contributed by atoms with van der Waals surface area (Å²) in [6.07, 6.45) is 2.48. The molecule has 2 aliphatic heterocycles. The Bertz CT molecular complexity index is 889. The summed E-state index contributed by atoms with van der Waals surface area (Å²) in [5.74, 6) is 1.22. The Hall–Kier alpha value is -2.27. The van der Waals surface area contributed by atoms with Gasteiger partial charge in [-0.2, -0.15) is 0 Å². The van der Waals surface area contributed by atoms with Gasteiger partial charge in [0.2, 0.25) is 5.91 Å². The maximum atomic E-state index is 13.2. The number of thioether (sulfide) groups is 1. The normalized spacial score (nSPS) is 19.1. The van der Waals surface area contributed by atoms with Gasteiger partial charge in [0, 0.05) is 31.0 Å². The van der Waals surface area contributed by atoms with Gasteiger partial charge < -0.3 is 9.80 Å². The lowest BCUT2D eigenvalue weighted by molar-refractivity contribution is -0.134. The van der Waals surface area contributed by atoms with Gasteiger partial charge in [0.05, 0.1) is 10.8 Å². The van der Waals surface area contributed by atoms with E-state index in [2.05, 4.69) is 11.8 Å². The van der Waals surface area contributed by atoms with Crippen LogP contribution >= 0.6 is 11.8 Å². The van der Waals surface area contributed by atoms with Gasteiger partial charge in [-0.3, -0.25) is 9.59 Å². The van der Waals surface area contributed by atoms with Gasteiger partial charge in [-0.15, -0.1) is 11.8 Å². The van der Waals surface area contributed by atoms with Gasteiger partial charge in [-0.1, -0.05) is 55.0 Å². The molecule has 2 amide bonds. The summed E-state index contributed by atoms with van der Waals surface area (Å²) in [6, 6.07) is 17.9. The lowest BCUT2D eigenvalue weighted by atomic mass is 9.93. The zero-order valence-electron chi connectivity index (χ0n) is 17.8. The average molecular weight is 423 g/mol. The second-order valence-electron chi connectivity index (χ2n) is 8.31. The predicted octanol–water partition coefficient (Wildman–Crippen LogP) is 4.70. The van der Waals surface area contributed by atoms with Crippen molar-refractivity contribution in [3.8, 4) is 0 Å². The number of rotatable bonds is 4. The number of hydrogen-bond donors (Lipinski definition) is 0. The van der Waals surface area contributed by atoms with Gasteiger partial charge >= 0.3 is 0 Å². The van der Waals surface area contributed by atoms with Gasteiger partial charge in [-0.05, 0) is 43.9 Å². The average Bonchev–Trinajstić information content (AvgIpc) is 3.18. The molecule has 158 valence electrons. The fourth-order valence-electron chi connectivity index (χ4n) is 4.70. The van der Waals surface area contributed by atoms with Crippen LogP contribution in [0, 0.1) is 6.92 Å². The van der Waals surface area contributed by atoms with E-state index in [-0.39, 0.29) is 22.6 Å². The minimum absolute atomic E-state index is 0.0817. The SMILES string of the molecule is CCC(C(=O)N1CCC2(CC1)SCCN2C(=O)c1ccc(C)cc1)c1ccccc1. The molecule has 2 aromatic carbocycles. The molecule has 2 saturated heterocycles. The number of amides is 2. The molecule has 2 aliphatic rings. The van der Waals surface area contributed by atoms with E-state index in [1.807, 2.05) is 78.2 Å². The summed E-state index contributed by atoms with van der Waals surface area (Å²) in [6.45, 7) is 6.33. The second-order valence-corrected chi connectivity index (χ2v) is 9.77. The number of hydrogen-bond acceptors (Lipinski definition) is 3. The van der Waals surface area contributed by atoms with E-state index in [0.717, 1.165) is 48.3 Å². The van der Waals surface area contributed by atoms with E-state index in [0.29, 0.717) is 13.1 Å². The van der Waals surface area contributed by atoms with Gasteiger partial charge in [-0.25, -0.2) is 0 Å². The monoisotopic (exact) mass is 422 g/mol. The fraction of sp³-hybridized carbons (Fsp3) is 0.440. The Labute approximate surface area is 183 Å². The van der Waals surface area contributed by atoms with Crippen LogP contribution in [-0.2, 0) is 4.79 Å². The van der Waals surface area contributed by atoms with Crippen LogP contribution < -0.4 is 0 Å². The van der Waals surface area contributed by atoms with E-state index in [4.69, 9.17) is 0 Å². The molecule has 0 N–H and O–H groups in total. The maximum absolute atomic E-state index is 13.2. The first kappa shape index (κ1) is 21.0. The third-order valence-electron chi connectivity index (χ3n) is 6.49. The third-order valence-corrected chi connectivity index (χ3v) is 8.04. The van der Waals surface area contributed by atoms with E-state index in [9.17, 15) is 9.59 Å². The summed E-state index contributed by atoms with van der Waals surface area (Å²) < 4.78 is 0. The second kappa shape index (κ2) is 8.84. The zero-order valence-corrected chi connectivity index (χ0v) is 18.7. The molecule has 4 rings (SSSR count). The molecule has 0 bridgehead atoms. The minimum Gasteiger partial charge on any atom is -0.342 e. The first-order valence-electron chi connectivity index (χ1n) is 10.9. The van der Waals surface area contributed by atoms with E-state index >= 15 is 0 Å². The van der Waals surface area contributed by atoms with Crippen LogP contribution in [0.15, 0.2) is 54.6 Å². The quantitative estimate of drug-likeness (QED) is 0.717. The van der Waals surface area contributed by atoms with E-state index < -0.39 is 0 Å². The Balaban J connectivity index is 1.45. The smallest absolute Gasteiger partial charge is 0.254 e. The van der Waals surface area contributed by atoms with Crippen molar-refractivity contribution >= 4 is 23.6 Å². The Kier molecular flexibility index (Phi) is 6.19. The number of piperidine rings is 1. The zero-order chi connectivity index (χ0) is 21.1. The number of nitrogens with zero attached hydrogens (tertiary/aromatic N) is 2. The van der Waals surface area contributed by atoms with Crippen LogP contribution in [0.2, 0.25) is 0 Å². The third kappa shape index (κ3) is 4.00. The molecule has 2 aromatic rings. The lowest BCUT2D eigenvalue weighted by Crippen LogP contribution is -2.54. The summed E-state index contributed by atoms with van der Waals surface area (Å²) >= 11 is 1.89. The highest BCUT2D eigenvalue weighted by Crippen LogP contribution is 2.45. The molecule has 2 heterocycles. The van der Waals surface area contributed by atoms with Crippen LogP contribution in [0.4, 0.5) is 0 Å². The number of benzene rings is 2. The van der Waals surface area contributed by atoms with Gasteiger partial charge in [0.25, 0.3) is 5.91 Å². The molecular weight excluding hydrogens is 392 g/mol. The predicted molar refractivity (Wildman–Crippen MR) is 123 cm³/mol. The van der Waals surface area contributed by atoms with Crippen LogP contribution in [0.25, 0.3) is 0 Å². The Morgan fingerprint density at radius 3 is 2.30 bits per heavy atom. The Morgan fingerprint density at radius 2 is 1.67 bits per heavy atom. The van der Waals surface area contributed by atoms with Crippen molar-refractivity contribution in [3.05, 3.63) is 71.3 Å². The van der Waals surface area contributed by atoms with Crippen molar-refractivity contribution in [1.82, 2.24) is 9.80 Å². The van der Waals surface area contributed by atoms with E-state index in [1.165, 1.54) is 0 Å². The van der Waals surface area contributed by atoms with Crippen LogP contribution in [0.1, 0.15) is 53.6 Å². The molecule has 4 nitrogen and oxygen atoms in total. The highest BCUT2D eigenvalue weighted by atomic mass is 32.2. The highest BCUT2D eigenvalue weighted by Gasteiger charge is 2.47. The van der Waals surface area contributed by atoms with Crippen LogP contribution in [0.3, 0.4) is 0 Å². The van der Waals surface area contributed by atoms with Crippen molar-refractivity contribution in [2.24, 2.45) is 0 Å². The van der Waals surface area contributed by atoms with Crippen molar-refractivity contribution < 1.29 is 9.59 Å². The molecule has 0 saturated carbocycles. The van der Waals surface area contributed by atoms with Crippen molar-refractivity contribution in [2.45, 2.75) is 43.9 Å². The fourth-order valence-corrected chi connectivity index (χ4v) is 6.15. The largest absolute Gasteiger partial charge is 0.342 e. The first-order chi connectivity index (χ1) is 14.5. The van der Waals surface area contributed by atoms with Crippen LogP contribution in [0.5, 0.6) is 0 Å². The first-order valence-corrected chi connectivity index (χ1v) is 11.9. The van der Waals surface area contributed by atoms with Crippen LogP contribution in [-0.4, -0.2) is 51.9 Å². The lowest BCUT2D eigenvalue weighted by Gasteiger charge is -2.44. The molecule has 0 radical (unpaired) electrons. The molecule has 0 aromatic heterocycles. The number of likely N-dealkylation sites (tertiary alicyclic amines) is 1. The molecule has 5 heteroatoms. The molecule has 0 aliphatic carbocycles. The molecule has 2 fully saturated rings. The van der Waals surface area contributed by atoms with Crippen molar-refractivity contribution in [3.63, 3.8) is 0 Å². The van der Waals surface area contributed by atoms with Crippen molar-refractivity contribution in [2.75, 3.05) is 25.4 Å². The minimum atomic E-state index is -0.173. The summed E-state index contributed by atoms with van der Waals surface area (Å²) in [5, 5.41) is 0. The van der Waals surface area contributed by atoms with Gasteiger partial charge in [0.15, 0.2) is 0 Å². The highest BCUT2D eigenvalue weighted by molar-refractivity contribution is 8.00. The molecular formula is C25H30N2O2S. The van der Waals surface area contributed by atoms with E-state index in [1.54, 1.807) is 0 Å². The number of aryl methyl sites for hydroxylation is 1. The Morgan fingerprint density at radius 1 is 1.00 bits per heavy atom. The topological polar surface area (TPSA) is 40.6 Å². The molecule has 1 unspecified atom stereocenters. The maximum Gasteiger partial charge on any atom is 0.254 e. The summed E-state index contributed by atoms with van der Waals surface area (Å²) in [4.78, 5) is 30.4. The molecule has 1 atom stereocenters. The number of carbonyl (C=O) groups excluding carboxylic acids is 2. The summed E-state index contributed by atoms with van der Waals surface area (Å²) in [7, 11) is 0.